The number of benzene rings is 1. The third-order valence-corrected chi connectivity index (χ3v) is 4.14. The molecule has 2 N–H and O–H groups in total. The Balaban J connectivity index is 0.00000162. The molecular weight excluding hydrogens is 318 g/mol. The Hall–Kier alpha value is -0.450. The predicted molar refractivity (Wildman–Crippen MR) is 78.8 cm³/mol. The van der Waals surface area contributed by atoms with Crippen molar-refractivity contribution in [1.82, 2.24) is 0 Å². The van der Waals surface area contributed by atoms with Gasteiger partial charge in [0.05, 0.1) is 18.7 Å². The van der Waals surface area contributed by atoms with Crippen LogP contribution in [0.2, 0.25) is 0 Å². The molecule has 1 aliphatic rings. The molecular formula is C13H19BrClNO2. The molecule has 1 atom stereocenters. The monoisotopic (exact) mass is 335 g/mol. The van der Waals surface area contributed by atoms with Crippen LogP contribution >= 0.6 is 28.3 Å². The van der Waals surface area contributed by atoms with Gasteiger partial charge < -0.3 is 15.2 Å². The Morgan fingerprint density at radius 3 is 2.28 bits per heavy atom. The third-order valence-electron chi connectivity index (χ3n) is 3.52. The first-order valence-electron chi connectivity index (χ1n) is 5.84. The van der Waals surface area contributed by atoms with E-state index >= 15 is 0 Å². The van der Waals surface area contributed by atoms with Crippen LogP contribution in [0.5, 0.6) is 11.5 Å². The summed E-state index contributed by atoms with van der Waals surface area (Å²) < 4.78 is 11.6. The number of rotatable bonds is 4. The maximum atomic E-state index is 6.30. The SMILES string of the molecule is COc1cc([C@@H](N)C2CCC2)c(OC)cc1Br.Cl. The van der Waals surface area contributed by atoms with Crippen LogP contribution in [-0.4, -0.2) is 14.2 Å². The average Bonchev–Trinajstić information content (AvgIpc) is 2.26. The first kappa shape index (κ1) is 15.6. The van der Waals surface area contributed by atoms with Crippen molar-refractivity contribution >= 4 is 28.3 Å². The van der Waals surface area contributed by atoms with Crippen molar-refractivity contribution in [2.45, 2.75) is 25.3 Å². The van der Waals surface area contributed by atoms with Gasteiger partial charge in [-0.05, 0) is 46.8 Å². The molecule has 0 heterocycles. The lowest BCUT2D eigenvalue weighted by molar-refractivity contribution is 0.259. The van der Waals surface area contributed by atoms with Gasteiger partial charge in [0.15, 0.2) is 0 Å². The highest BCUT2D eigenvalue weighted by molar-refractivity contribution is 9.10. The second-order valence-corrected chi connectivity index (χ2v) is 5.30. The molecule has 2 rings (SSSR count). The molecule has 102 valence electrons. The summed E-state index contributed by atoms with van der Waals surface area (Å²) in [6.07, 6.45) is 3.71. The molecule has 1 aliphatic carbocycles. The van der Waals surface area contributed by atoms with E-state index < -0.39 is 0 Å². The molecule has 0 saturated heterocycles. The van der Waals surface area contributed by atoms with Gasteiger partial charge in [-0.2, -0.15) is 0 Å². The highest BCUT2D eigenvalue weighted by Crippen LogP contribution is 2.42. The number of ether oxygens (including phenoxy) is 2. The van der Waals surface area contributed by atoms with Gasteiger partial charge in [0.2, 0.25) is 0 Å². The van der Waals surface area contributed by atoms with Crippen LogP contribution in [0, 0.1) is 5.92 Å². The summed E-state index contributed by atoms with van der Waals surface area (Å²) in [5, 5.41) is 0. The predicted octanol–water partition coefficient (Wildman–Crippen LogP) is 3.69. The van der Waals surface area contributed by atoms with Crippen LogP contribution in [0.4, 0.5) is 0 Å². The second-order valence-electron chi connectivity index (χ2n) is 4.45. The van der Waals surface area contributed by atoms with E-state index in [1.54, 1.807) is 14.2 Å². The normalized spacial score (nSPS) is 16.4. The molecule has 1 aromatic carbocycles. The molecule has 0 aromatic heterocycles. The van der Waals surface area contributed by atoms with Gasteiger partial charge in [0, 0.05) is 11.6 Å². The Bertz CT molecular complexity index is 410. The van der Waals surface area contributed by atoms with Crippen LogP contribution in [0.15, 0.2) is 16.6 Å². The van der Waals surface area contributed by atoms with Crippen LogP contribution in [0.1, 0.15) is 30.9 Å². The largest absolute Gasteiger partial charge is 0.496 e. The van der Waals surface area contributed by atoms with Crippen LogP contribution in [0.25, 0.3) is 0 Å². The molecule has 1 saturated carbocycles. The van der Waals surface area contributed by atoms with Gasteiger partial charge in [-0.15, -0.1) is 12.4 Å². The lowest BCUT2D eigenvalue weighted by Crippen LogP contribution is -2.27. The Morgan fingerprint density at radius 1 is 1.22 bits per heavy atom. The molecule has 0 unspecified atom stereocenters. The summed E-state index contributed by atoms with van der Waals surface area (Å²) in [7, 11) is 3.33. The van der Waals surface area contributed by atoms with E-state index in [1.807, 2.05) is 12.1 Å². The molecule has 1 fully saturated rings. The van der Waals surface area contributed by atoms with Gasteiger partial charge in [-0.1, -0.05) is 6.42 Å². The van der Waals surface area contributed by atoms with Crippen LogP contribution in [0.3, 0.4) is 0 Å². The summed E-state index contributed by atoms with van der Waals surface area (Å²) in [6.45, 7) is 0. The first-order valence-corrected chi connectivity index (χ1v) is 6.63. The van der Waals surface area contributed by atoms with Gasteiger partial charge in [0.25, 0.3) is 0 Å². The first-order chi connectivity index (χ1) is 8.17. The van der Waals surface area contributed by atoms with Crippen molar-refractivity contribution in [3.63, 3.8) is 0 Å². The molecule has 0 bridgehead atoms. The van der Waals surface area contributed by atoms with Gasteiger partial charge in [-0.25, -0.2) is 0 Å². The summed E-state index contributed by atoms with van der Waals surface area (Å²) in [5.74, 6) is 2.21. The van der Waals surface area contributed by atoms with E-state index in [1.165, 1.54) is 19.3 Å². The van der Waals surface area contributed by atoms with Crippen molar-refractivity contribution in [3.8, 4) is 11.5 Å². The fourth-order valence-corrected chi connectivity index (χ4v) is 2.68. The Kier molecular flexibility index (Phi) is 5.76. The zero-order valence-electron chi connectivity index (χ0n) is 10.6. The van der Waals surface area contributed by atoms with Gasteiger partial charge >= 0.3 is 0 Å². The summed E-state index contributed by atoms with van der Waals surface area (Å²) in [4.78, 5) is 0. The standard InChI is InChI=1S/C13H18BrNO2.ClH/c1-16-11-7-10(14)12(17-2)6-9(11)13(15)8-4-3-5-8;/h6-8,13H,3-5,15H2,1-2H3;1H/t13-;/m0./s1. The van der Waals surface area contributed by atoms with Gasteiger partial charge in [-0.3, -0.25) is 0 Å². The fourth-order valence-electron chi connectivity index (χ4n) is 2.20. The molecule has 0 radical (unpaired) electrons. The number of hydrogen-bond acceptors (Lipinski definition) is 3. The zero-order chi connectivity index (χ0) is 12.4. The van der Waals surface area contributed by atoms with E-state index in [-0.39, 0.29) is 18.4 Å². The maximum absolute atomic E-state index is 6.30. The molecule has 1 aromatic rings. The van der Waals surface area contributed by atoms with Crippen molar-refractivity contribution in [2.75, 3.05) is 14.2 Å². The topological polar surface area (TPSA) is 44.5 Å². The summed E-state index contributed by atoms with van der Waals surface area (Å²) in [5.41, 5.74) is 7.34. The average molecular weight is 337 g/mol. The van der Waals surface area contributed by atoms with E-state index in [0.29, 0.717) is 5.92 Å². The third kappa shape index (κ3) is 2.92. The molecule has 5 heteroatoms. The van der Waals surface area contributed by atoms with Crippen molar-refractivity contribution in [2.24, 2.45) is 11.7 Å². The highest BCUT2D eigenvalue weighted by Gasteiger charge is 2.28. The minimum absolute atomic E-state index is 0. The van der Waals surface area contributed by atoms with E-state index in [0.717, 1.165) is 21.5 Å². The Morgan fingerprint density at radius 2 is 1.83 bits per heavy atom. The fraction of sp³-hybridized carbons (Fsp3) is 0.538. The quantitative estimate of drug-likeness (QED) is 0.912. The molecule has 0 amide bonds. The maximum Gasteiger partial charge on any atom is 0.133 e. The smallest absolute Gasteiger partial charge is 0.133 e. The highest BCUT2D eigenvalue weighted by atomic mass is 79.9. The molecule has 0 aliphatic heterocycles. The second kappa shape index (κ2) is 6.64. The van der Waals surface area contributed by atoms with E-state index in [9.17, 15) is 0 Å². The van der Waals surface area contributed by atoms with E-state index in [2.05, 4.69) is 15.9 Å². The number of nitrogens with two attached hydrogens (primary N) is 1. The summed E-state index contributed by atoms with van der Waals surface area (Å²) in [6, 6.07) is 3.94. The van der Waals surface area contributed by atoms with Crippen molar-refractivity contribution in [3.05, 3.63) is 22.2 Å². The molecule has 3 nitrogen and oxygen atoms in total. The number of hydrogen-bond donors (Lipinski definition) is 1. The van der Waals surface area contributed by atoms with Crippen molar-refractivity contribution < 1.29 is 9.47 Å². The van der Waals surface area contributed by atoms with Crippen LogP contribution < -0.4 is 15.2 Å². The molecule has 0 spiro atoms. The minimum atomic E-state index is 0. The lowest BCUT2D eigenvalue weighted by Gasteiger charge is -2.32. The van der Waals surface area contributed by atoms with Crippen LogP contribution in [-0.2, 0) is 0 Å². The number of halogens is 2. The number of methoxy groups -OCH3 is 2. The molecule has 18 heavy (non-hydrogen) atoms. The van der Waals surface area contributed by atoms with Gasteiger partial charge in [0.1, 0.15) is 11.5 Å². The lowest BCUT2D eigenvalue weighted by atomic mass is 9.77. The van der Waals surface area contributed by atoms with Crippen molar-refractivity contribution in [1.29, 1.82) is 0 Å². The van der Waals surface area contributed by atoms with E-state index in [4.69, 9.17) is 15.2 Å². The Labute approximate surface area is 123 Å². The zero-order valence-corrected chi connectivity index (χ0v) is 13.0. The minimum Gasteiger partial charge on any atom is -0.496 e. The summed E-state index contributed by atoms with van der Waals surface area (Å²) >= 11 is 3.45.